The monoisotopic (exact) mass is 206 g/mol. The van der Waals surface area contributed by atoms with Crippen molar-refractivity contribution in [3.8, 4) is 0 Å². The number of halogens is 1. The summed E-state index contributed by atoms with van der Waals surface area (Å²) in [6.07, 6.45) is -0.141. The van der Waals surface area contributed by atoms with Crippen molar-refractivity contribution in [3.63, 3.8) is 0 Å². The van der Waals surface area contributed by atoms with E-state index in [4.69, 9.17) is 11.6 Å². The predicted molar refractivity (Wildman–Crippen MR) is 46.5 cm³/mol. The molecule has 1 atom stereocenters. The van der Waals surface area contributed by atoms with Crippen LogP contribution in [-0.2, 0) is 19.1 Å². The number of ether oxygens (including phenoxy) is 1. The second-order valence-corrected chi connectivity index (χ2v) is 2.85. The zero-order valence-electron chi connectivity index (χ0n) is 7.50. The molecule has 1 unspecified atom stereocenters. The third kappa shape index (κ3) is 4.03. The molecule has 5 heteroatoms. The molecule has 0 fully saturated rings. The largest absolute Gasteiger partial charge is 0.468 e. The summed E-state index contributed by atoms with van der Waals surface area (Å²) < 4.78 is 4.37. The topological polar surface area (TPSA) is 60.4 Å². The minimum absolute atomic E-state index is 0.141. The van der Waals surface area contributed by atoms with Gasteiger partial charge in [-0.3, -0.25) is 14.4 Å². The number of ketones is 2. The first-order valence-electron chi connectivity index (χ1n) is 3.68. The molecule has 0 aliphatic heterocycles. The normalized spacial score (nSPS) is 11.9. The van der Waals surface area contributed by atoms with E-state index in [1.807, 2.05) is 0 Å². The number of methoxy groups -OCH3 is 1. The van der Waals surface area contributed by atoms with E-state index >= 15 is 0 Å². The Hall–Kier alpha value is -0.900. The van der Waals surface area contributed by atoms with E-state index in [1.54, 1.807) is 0 Å². The van der Waals surface area contributed by atoms with E-state index in [0.29, 0.717) is 0 Å². The number of hydrogen-bond acceptors (Lipinski definition) is 4. The van der Waals surface area contributed by atoms with Crippen molar-refractivity contribution in [2.75, 3.05) is 13.0 Å². The first-order chi connectivity index (χ1) is 6.02. The molecule has 0 spiro atoms. The number of hydrogen-bond donors (Lipinski definition) is 0. The summed E-state index contributed by atoms with van der Waals surface area (Å²) in [6.45, 7) is 1.30. The molecular weight excluding hydrogens is 196 g/mol. The Labute approximate surface area is 81.2 Å². The van der Waals surface area contributed by atoms with Crippen LogP contribution >= 0.6 is 11.6 Å². The van der Waals surface area contributed by atoms with Gasteiger partial charge in [0.15, 0.2) is 5.78 Å². The maximum absolute atomic E-state index is 11.1. The fraction of sp³-hybridized carbons (Fsp3) is 0.625. The molecule has 0 amide bonds. The Morgan fingerprint density at radius 1 is 1.38 bits per heavy atom. The van der Waals surface area contributed by atoms with Crippen molar-refractivity contribution >= 4 is 29.1 Å². The van der Waals surface area contributed by atoms with Crippen LogP contribution in [0, 0.1) is 5.92 Å². The van der Waals surface area contributed by atoms with Gasteiger partial charge in [-0.1, -0.05) is 0 Å². The van der Waals surface area contributed by atoms with Gasteiger partial charge in [0.25, 0.3) is 0 Å². The van der Waals surface area contributed by atoms with Crippen molar-refractivity contribution in [1.82, 2.24) is 0 Å². The number of rotatable bonds is 5. The van der Waals surface area contributed by atoms with Gasteiger partial charge in [0, 0.05) is 6.42 Å². The van der Waals surface area contributed by atoms with E-state index in [0.717, 1.165) is 7.11 Å². The standard InChI is InChI=1S/C8H11ClO4/c1-5(10)3-6(7(11)4-9)8(12)13-2/h6H,3-4H2,1-2H3. The Morgan fingerprint density at radius 2 is 1.92 bits per heavy atom. The maximum atomic E-state index is 11.1. The number of esters is 1. The van der Waals surface area contributed by atoms with E-state index in [2.05, 4.69) is 4.74 Å². The molecule has 0 bridgehead atoms. The van der Waals surface area contributed by atoms with Gasteiger partial charge in [-0.2, -0.15) is 0 Å². The van der Waals surface area contributed by atoms with E-state index in [9.17, 15) is 14.4 Å². The fourth-order valence-electron chi connectivity index (χ4n) is 0.851. The summed E-state index contributed by atoms with van der Waals surface area (Å²) in [6, 6.07) is 0. The Kier molecular flexibility index (Phi) is 5.30. The molecule has 0 N–H and O–H groups in total. The van der Waals surface area contributed by atoms with Crippen LogP contribution in [0.1, 0.15) is 13.3 Å². The first-order valence-corrected chi connectivity index (χ1v) is 4.22. The van der Waals surface area contributed by atoms with Crippen molar-refractivity contribution in [2.24, 2.45) is 5.92 Å². The second-order valence-electron chi connectivity index (χ2n) is 2.58. The number of carbonyl (C=O) groups is 3. The van der Waals surface area contributed by atoms with Crippen LogP contribution in [-0.4, -0.2) is 30.5 Å². The molecule has 13 heavy (non-hydrogen) atoms. The van der Waals surface area contributed by atoms with Crippen molar-refractivity contribution < 1.29 is 19.1 Å². The lowest BCUT2D eigenvalue weighted by Crippen LogP contribution is -2.28. The smallest absolute Gasteiger partial charge is 0.316 e. The lowest BCUT2D eigenvalue weighted by molar-refractivity contribution is -0.150. The lowest BCUT2D eigenvalue weighted by Gasteiger charge is -2.09. The van der Waals surface area contributed by atoms with Crippen molar-refractivity contribution in [3.05, 3.63) is 0 Å². The van der Waals surface area contributed by atoms with Gasteiger partial charge in [-0.25, -0.2) is 0 Å². The zero-order chi connectivity index (χ0) is 10.4. The minimum Gasteiger partial charge on any atom is -0.468 e. The summed E-state index contributed by atoms with van der Waals surface area (Å²) in [5.41, 5.74) is 0. The maximum Gasteiger partial charge on any atom is 0.316 e. The van der Waals surface area contributed by atoms with Crippen LogP contribution in [0.3, 0.4) is 0 Å². The quantitative estimate of drug-likeness (QED) is 0.375. The molecule has 0 rings (SSSR count). The second kappa shape index (κ2) is 5.70. The molecule has 4 nitrogen and oxygen atoms in total. The van der Waals surface area contributed by atoms with Crippen molar-refractivity contribution in [1.29, 1.82) is 0 Å². The van der Waals surface area contributed by atoms with Gasteiger partial charge in [-0.05, 0) is 6.92 Å². The minimum atomic E-state index is -1.04. The Bertz CT molecular complexity index is 208. The lowest BCUT2D eigenvalue weighted by atomic mass is 9.99. The highest BCUT2D eigenvalue weighted by Crippen LogP contribution is 2.08. The Morgan fingerprint density at radius 3 is 2.23 bits per heavy atom. The van der Waals surface area contributed by atoms with E-state index < -0.39 is 17.7 Å². The molecule has 0 saturated carbocycles. The molecule has 74 valence electrons. The Balaban J connectivity index is 4.45. The fourth-order valence-corrected chi connectivity index (χ4v) is 1.04. The SMILES string of the molecule is COC(=O)C(CC(C)=O)C(=O)CCl. The van der Waals surface area contributed by atoms with Crippen LogP contribution in [0.25, 0.3) is 0 Å². The third-order valence-corrected chi connectivity index (χ3v) is 1.76. The van der Waals surface area contributed by atoms with Crippen LogP contribution < -0.4 is 0 Å². The molecule has 0 radical (unpaired) electrons. The molecule has 0 aromatic carbocycles. The van der Waals surface area contributed by atoms with Gasteiger partial charge < -0.3 is 4.74 Å². The van der Waals surface area contributed by atoms with E-state index in [1.165, 1.54) is 6.92 Å². The molecular formula is C8H11ClO4. The first kappa shape index (κ1) is 12.1. The highest BCUT2D eigenvalue weighted by atomic mass is 35.5. The van der Waals surface area contributed by atoms with E-state index in [-0.39, 0.29) is 18.1 Å². The van der Waals surface area contributed by atoms with Crippen LogP contribution in [0.4, 0.5) is 0 Å². The van der Waals surface area contributed by atoms with Gasteiger partial charge in [0.2, 0.25) is 0 Å². The summed E-state index contributed by atoms with van der Waals surface area (Å²) in [5.74, 6) is -2.76. The zero-order valence-corrected chi connectivity index (χ0v) is 8.26. The number of Topliss-reactive ketones (excluding diaryl/α,β-unsaturated/α-hetero) is 2. The van der Waals surface area contributed by atoms with Gasteiger partial charge >= 0.3 is 5.97 Å². The number of carbonyl (C=O) groups excluding carboxylic acids is 3. The van der Waals surface area contributed by atoms with Crippen LogP contribution in [0.15, 0.2) is 0 Å². The summed E-state index contributed by atoms with van der Waals surface area (Å²) >= 11 is 5.26. The highest BCUT2D eigenvalue weighted by Gasteiger charge is 2.27. The van der Waals surface area contributed by atoms with Crippen LogP contribution in [0.5, 0.6) is 0 Å². The van der Waals surface area contributed by atoms with Gasteiger partial charge in [0.05, 0.1) is 13.0 Å². The summed E-state index contributed by atoms with van der Waals surface area (Å²) in [4.78, 5) is 32.7. The molecule has 0 aliphatic rings. The molecule has 0 aliphatic carbocycles. The summed E-state index contributed by atoms with van der Waals surface area (Å²) in [5, 5.41) is 0. The third-order valence-electron chi connectivity index (χ3n) is 1.50. The average Bonchev–Trinajstić information content (AvgIpc) is 2.11. The summed E-state index contributed by atoms with van der Waals surface area (Å²) in [7, 11) is 1.16. The van der Waals surface area contributed by atoms with Crippen molar-refractivity contribution in [2.45, 2.75) is 13.3 Å². The molecule has 0 heterocycles. The van der Waals surface area contributed by atoms with Crippen LogP contribution in [0.2, 0.25) is 0 Å². The van der Waals surface area contributed by atoms with Gasteiger partial charge in [-0.15, -0.1) is 11.6 Å². The predicted octanol–water partition coefficient (Wildman–Crippen LogP) is 0.563. The molecule has 0 aromatic heterocycles. The molecule has 0 saturated heterocycles. The highest BCUT2D eigenvalue weighted by molar-refractivity contribution is 6.29. The number of alkyl halides is 1. The average molecular weight is 207 g/mol. The molecule has 0 aromatic rings. The van der Waals surface area contributed by atoms with Gasteiger partial charge in [0.1, 0.15) is 11.7 Å².